The fraction of sp³-hybridized carbons (Fsp3) is 0.435. The summed E-state index contributed by atoms with van der Waals surface area (Å²) in [6.45, 7) is 8.55. The lowest BCUT2D eigenvalue weighted by molar-refractivity contribution is 0.0692. The number of fused-ring (bicyclic) bond motifs is 1. The van der Waals surface area contributed by atoms with Crippen molar-refractivity contribution in [2.75, 3.05) is 26.2 Å². The van der Waals surface area contributed by atoms with Crippen LogP contribution in [0.1, 0.15) is 37.0 Å². The first-order valence-electron chi connectivity index (χ1n) is 10.6. The van der Waals surface area contributed by atoms with Gasteiger partial charge in [-0.05, 0) is 44.8 Å². The fourth-order valence-electron chi connectivity index (χ4n) is 4.07. The predicted octanol–water partition coefficient (Wildman–Crippen LogP) is 4.42. The lowest BCUT2D eigenvalue weighted by Gasteiger charge is -2.32. The van der Waals surface area contributed by atoms with Gasteiger partial charge in [0.25, 0.3) is 5.91 Å². The van der Waals surface area contributed by atoms with Gasteiger partial charge >= 0.3 is 0 Å². The standard InChI is InChI=1S/C23H29N5O.2ClH/c1-3-24-15-17-10-12-27(13-11-17)23(29)19-14-21(18-8-6-5-7-9-18)26-22-20(19)16-25-28(22)4-2;;/h5-9,14,16-17,24H,3-4,10-13,15H2,1-2H3;2*1H. The van der Waals surface area contributed by atoms with Gasteiger partial charge in [0.15, 0.2) is 5.65 Å². The molecule has 0 bridgehead atoms. The molecule has 1 aliphatic heterocycles. The second-order valence-corrected chi connectivity index (χ2v) is 7.66. The van der Waals surface area contributed by atoms with Crippen molar-refractivity contribution in [3.63, 3.8) is 0 Å². The van der Waals surface area contributed by atoms with Crippen molar-refractivity contribution in [2.45, 2.75) is 33.2 Å². The Morgan fingerprint density at radius 1 is 1.13 bits per heavy atom. The Hall–Kier alpha value is -2.15. The van der Waals surface area contributed by atoms with Crippen molar-refractivity contribution < 1.29 is 4.79 Å². The first-order chi connectivity index (χ1) is 14.2. The van der Waals surface area contributed by atoms with Crippen LogP contribution in [0, 0.1) is 5.92 Å². The van der Waals surface area contributed by atoms with Gasteiger partial charge in [0.1, 0.15) is 0 Å². The summed E-state index contributed by atoms with van der Waals surface area (Å²) in [5.41, 5.74) is 3.31. The van der Waals surface area contributed by atoms with Gasteiger partial charge in [-0.3, -0.25) is 4.79 Å². The number of nitrogens with one attached hydrogen (secondary N) is 1. The topological polar surface area (TPSA) is 63.1 Å². The van der Waals surface area contributed by atoms with Gasteiger partial charge in [-0.2, -0.15) is 5.10 Å². The molecule has 1 saturated heterocycles. The molecule has 0 spiro atoms. The second kappa shape index (κ2) is 11.5. The van der Waals surface area contributed by atoms with E-state index in [1.54, 1.807) is 6.20 Å². The Labute approximate surface area is 196 Å². The molecule has 0 aliphatic carbocycles. The van der Waals surface area contributed by atoms with E-state index in [0.29, 0.717) is 11.5 Å². The van der Waals surface area contributed by atoms with Crippen LogP contribution in [-0.4, -0.2) is 51.8 Å². The maximum atomic E-state index is 13.5. The summed E-state index contributed by atoms with van der Waals surface area (Å²) in [4.78, 5) is 20.3. The van der Waals surface area contributed by atoms with E-state index in [1.807, 2.05) is 52.9 Å². The van der Waals surface area contributed by atoms with Crippen LogP contribution in [0.5, 0.6) is 0 Å². The molecule has 168 valence electrons. The molecule has 1 aliphatic rings. The third kappa shape index (κ3) is 5.37. The Balaban J connectivity index is 0.00000171. The van der Waals surface area contributed by atoms with E-state index in [9.17, 15) is 4.79 Å². The number of piperidine rings is 1. The summed E-state index contributed by atoms with van der Waals surface area (Å²) in [6, 6.07) is 12.0. The number of hydrogen-bond acceptors (Lipinski definition) is 4. The molecular weight excluding hydrogens is 433 g/mol. The molecule has 0 radical (unpaired) electrons. The number of rotatable bonds is 6. The molecule has 2 aromatic heterocycles. The van der Waals surface area contributed by atoms with Crippen LogP contribution in [-0.2, 0) is 6.54 Å². The van der Waals surface area contributed by atoms with Gasteiger partial charge < -0.3 is 10.2 Å². The van der Waals surface area contributed by atoms with Crippen molar-refractivity contribution in [3.05, 3.63) is 48.2 Å². The average Bonchev–Trinajstić information content (AvgIpc) is 3.20. The zero-order valence-electron chi connectivity index (χ0n) is 18.1. The number of hydrogen-bond donors (Lipinski definition) is 1. The number of pyridine rings is 1. The van der Waals surface area contributed by atoms with Crippen molar-refractivity contribution in [3.8, 4) is 11.3 Å². The van der Waals surface area contributed by atoms with Gasteiger partial charge in [-0.25, -0.2) is 9.67 Å². The highest BCUT2D eigenvalue weighted by atomic mass is 35.5. The lowest BCUT2D eigenvalue weighted by Crippen LogP contribution is -2.40. The maximum absolute atomic E-state index is 13.5. The molecule has 1 N–H and O–H groups in total. The van der Waals surface area contributed by atoms with Gasteiger partial charge in [-0.1, -0.05) is 37.3 Å². The molecule has 3 heterocycles. The zero-order valence-corrected chi connectivity index (χ0v) is 19.7. The number of halogens is 2. The van der Waals surface area contributed by atoms with E-state index >= 15 is 0 Å². The van der Waals surface area contributed by atoms with Crippen molar-refractivity contribution >= 4 is 41.8 Å². The van der Waals surface area contributed by atoms with E-state index in [0.717, 1.165) is 67.9 Å². The minimum absolute atomic E-state index is 0. The number of likely N-dealkylation sites (tertiary alicyclic amines) is 1. The first kappa shape index (κ1) is 25.1. The van der Waals surface area contributed by atoms with E-state index in [2.05, 4.69) is 17.3 Å². The molecule has 0 unspecified atom stereocenters. The number of amides is 1. The Bertz CT molecular complexity index is 984. The van der Waals surface area contributed by atoms with Gasteiger partial charge in [-0.15, -0.1) is 24.8 Å². The van der Waals surface area contributed by atoms with E-state index in [1.165, 1.54) is 0 Å². The Kier molecular flexibility index (Phi) is 9.29. The molecule has 1 fully saturated rings. The number of benzene rings is 1. The molecule has 0 saturated carbocycles. The average molecular weight is 464 g/mol. The van der Waals surface area contributed by atoms with Crippen LogP contribution in [0.3, 0.4) is 0 Å². The van der Waals surface area contributed by atoms with Crippen LogP contribution in [0.15, 0.2) is 42.6 Å². The van der Waals surface area contributed by atoms with E-state index in [-0.39, 0.29) is 30.7 Å². The molecule has 6 nitrogen and oxygen atoms in total. The van der Waals surface area contributed by atoms with Crippen molar-refractivity contribution in [1.29, 1.82) is 0 Å². The summed E-state index contributed by atoms with van der Waals surface area (Å²) in [5, 5.41) is 8.73. The minimum Gasteiger partial charge on any atom is -0.339 e. The number of aromatic nitrogens is 3. The van der Waals surface area contributed by atoms with Gasteiger partial charge in [0, 0.05) is 25.2 Å². The van der Waals surface area contributed by atoms with Crippen molar-refractivity contribution in [2.24, 2.45) is 5.92 Å². The lowest BCUT2D eigenvalue weighted by atomic mass is 9.96. The Morgan fingerprint density at radius 3 is 2.48 bits per heavy atom. The fourth-order valence-corrected chi connectivity index (χ4v) is 4.07. The van der Waals surface area contributed by atoms with Crippen LogP contribution < -0.4 is 5.32 Å². The summed E-state index contributed by atoms with van der Waals surface area (Å²) in [6.07, 6.45) is 3.88. The normalized spacial score (nSPS) is 14.2. The highest BCUT2D eigenvalue weighted by Gasteiger charge is 2.26. The van der Waals surface area contributed by atoms with Gasteiger partial charge in [0.2, 0.25) is 0 Å². The molecular formula is C23H31Cl2N5O. The predicted molar refractivity (Wildman–Crippen MR) is 130 cm³/mol. The van der Waals surface area contributed by atoms with Gasteiger partial charge in [0.05, 0.1) is 22.8 Å². The van der Waals surface area contributed by atoms with E-state index in [4.69, 9.17) is 4.98 Å². The maximum Gasteiger partial charge on any atom is 0.254 e. The molecule has 8 heteroatoms. The van der Waals surface area contributed by atoms with Crippen LogP contribution in [0.4, 0.5) is 0 Å². The SMILES string of the molecule is CCNCC1CCN(C(=O)c2cc(-c3ccccc3)nc3c2cnn3CC)CC1.Cl.Cl. The molecule has 3 aromatic rings. The highest BCUT2D eigenvalue weighted by Crippen LogP contribution is 2.27. The summed E-state index contributed by atoms with van der Waals surface area (Å²) in [7, 11) is 0. The van der Waals surface area contributed by atoms with Crippen LogP contribution >= 0.6 is 24.8 Å². The molecule has 0 atom stereocenters. The zero-order chi connectivity index (χ0) is 20.2. The molecule has 1 amide bonds. The van der Waals surface area contributed by atoms with E-state index < -0.39 is 0 Å². The summed E-state index contributed by atoms with van der Waals surface area (Å²) < 4.78 is 1.86. The number of carbonyl (C=O) groups is 1. The highest BCUT2D eigenvalue weighted by molar-refractivity contribution is 6.06. The van der Waals surface area contributed by atoms with Crippen LogP contribution in [0.25, 0.3) is 22.3 Å². The molecule has 31 heavy (non-hydrogen) atoms. The minimum atomic E-state index is 0. The monoisotopic (exact) mass is 463 g/mol. The molecule has 1 aromatic carbocycles. The number of aryl methyl sites for hydroxylation is 1. The summed E-state index contributed by atoms with van der Waals surface area (Å²) >= 11 is 0. The third-order valence-electron chi connectivity index (χ3n) is 5.79. The smallest absolute Gasteiger partial charge is 0.254 e. The van der Waals surface area contributed by atoms with Crippen LogP contribution in [0.2, 0.25) is 0 Å². The van der Waals surface area contributed by atoms with Crippen molar-refractivity contribution in [1.82, 2.24) is 25.0 Å². The number of carbonyl (C=O) groups excluding carboxylic acids is 1. The largest absolute Gasteiger partial charge is 0.339 e. The first-order valence-corrected chi connectivity index (χ1v) is 10.6. The quantitative estimate of drug-likeness (QED) is 0.587. The summed E-state index contributed by atoms with van der Waals surface area (Å²) in [5.74, 6) is 0.742. The second-order valence-electron chi connectivity index (χ2n) is 7.66. The Morgan fingerprint density at radius 2 is 1.84 bits per heavy atom. The third-order valence-corrected chi connectivity index (χ3v) is 5.79. The molecule has 4 rings (SSSR count). The number of nitrogens with zero attached hydrogens (tertiary/aromatic N) is 4.